The number of ether oxygens (including phenoxy) is 6. The first-order valence-electron chi connectivity index (χ1n) is 21.4. The summed E-state index contributed by atoms with van der Waals surface area (Å²) in [6.07, 6.45) is -10.5. The Morgan fingerprint density at radius 2 is 1.37 bits per heavy atom. The molecular formula is C49H53NO15. The van der Waals surface area contributed by atoms with E-state index < -0.39 is 119 Å². The van der Waals surface area contributed by atoms with Crippen molar-refractivity contribution in [3.05, 3.63) is 119 Å². The first-order valence-corrected chi connectivity index (χ1v) is 21.4. The summed E-state index contributed by atoms with van der Waals surface area (Å²) in [7, 11) is 0. The predicted octanol–water partition coefficient (Wildman–Crippen LogP) is 4.31. The minimum atomic E-state index is -2.43. The highest BCUT2D eigenvalue weighted by Crippen LogP contribution is 2.64. The topological polar surface area (TPSA) is 227 Å². The maximum absolute atomic E-state index is 15.6. The Hall–Kier alpha value is -6.23. The maximum Gasteiger partial charge on any atom is 0.350 e. The SMILES string of the molecule is CC(=O)O[C@H]1C(=O)[C@@]2(C)C(C(OC(=O)c3ccccc3)[C@]3(O)C[C@H](OC(=O)[C@H](OC(C)=O)[C@@H](NC(=O)c4ccccc4)c4ccccc4)C(C)=C1C3(C)C)[C@]1(OC(C)=O)CO[C@@H]1C[C@@H]2O. The Bertz CT molecular complexity index is 2400. The van der Waals surface area contributed by atoms with Crippen LogP contribution in [-0.2, 0) is 52.4 Å². The molecule has 2 bridgehead atoms. The third-order valence-electron chi connectivity index (χ3n) is 13.8. The van der Waals surface area contributed by atoms with Crippen molar-refractivity contribution in [3.8, 4) is 0 Å². The van der Waals surface area contributed by atoms with E-state index in [1.807, 2.05) is 0 Å². The Morgan fingerprint density at radius 1 is 0.785 bits per heavy atom. The summed E-state index contributed by atoms with van der Waals surface area (Å²) < 4.78 is 36.2. The minimum Gasteiger partial charge on any atom is -0.455 e. The summed E-state index contributed by atoms with van der Waals surface area (Å²) in [6, 6.07) is 22.9. The van der Waals surface area contributed by atoms with Gasteiger partial charge in [0.25, 0.3) is 5.91 Å². The van der Waals surface area contributed by atoms with Gasteiger partial charge in [-0.25, -0.2) is 9.59 Å². The number of hydrogen-bond donors (Lipinski definition) is 3. The Morgan fingerprint density at radius 3 is 1.91 bits per heavy atom. The summed E-state index contributed by atoms with van der Waals surface area (Å²) in [4.78, 5) is 97.4. The Kier molecular flexibility index (Phi) is 12.7. The van der Waals surface area contributed by atoms with Crippen LogP contribution in [0.1, 0.15) is 93.6 Å². The van der Waals surface area contributed by atoms with Crippen molar-refractivity contribution >= 4 is 41.5 Å². The van der Waals surface area contributed by atoms with Gasteiger partial charge in [-0.1, -0.05) is 80.6 Å². The number of carbonyl (C=O) groups excluding carboxylic acids is 7. The van der Waals surface area contributed by atoms with Gasteiger partial charge in [0, 0.05) is 44.6 Å². The van der Waals surface area contributed by atoms with Crippen LogP contribution in [-0.4, -0.2) is 106 Å². The smallest absolute Gasteiger partial charge is 0.350 e. The average Bonchev–Trinajstić information content (AvgIpc) is 3.26. The molecule has 16 nitrogen and oxygen atoms in total. The number of aliphatic hydroxyl groups is 2. The molecule has 3 aliphatic carbocycles. The third-order valence-corrected chi connectivity index (χ3v) is 13.8. The maximum atomic E-state index is 15.6. The summed E-state index contributed by atoms with van der Waals surface area (Å²) in [6.45, 7) is 8.99. The van der Waals surface area contributed by atoms with Crippen molar-refractivity contribution in [1.82, 2.24) is 5.32 Å². The molecule has 16 heteroatoms. The second-order valence-corrected chi connectivity index (χ2v) is 17.9. The normalized spacial score (nSPS) is 30.8. The zero-order valence-electron chi connectivity index (χ0n) is 37.1. The molecule has 1 saturated heterocycles. The second kappa shape index (κ2) is 17.6. The van der Waals surface area contributed by atoms with Crippen LogP contribution in [0.4, 0.5) is 0 Å². The fraction of sp³-hybridized carbons (Fsp3) is 0.449. The highest BCUT2D eigenvalue weighted by atomic mass is 16.6. The number of aliphatic hydroxyl groups excluding tert-OH is 1. The highest BCUT2D eigenvalue weighted by molar-refractivity contribution is 5.96. The number of carbonyl (C=O) groups is 7. The number of nitrogens with one attached hydrogen (secondary N) is 1. The predicted molar refractivity (Wildman–Crippen MR) is 227 cm³/mol. The van der Waals surface area contributed by atoms with E-state index in [0.717, 1.165) is 20.8 Å². The quantitative estimate of drug-likeness (QED) is 0.139. The highest BCUT2D eigenvalue weighted by Gasteiger charge is 2.78. The van der Waals surface area contributed by atoms with Crippen LogP contribution >= 0.6 is 0 Å². The number of ketones is 1. The lowest BCUT2D eigenvalue weighted by molar-refractivity contribution is -0.346. The number of benzene rings is 3. The van der Waals surface area contributed by atoms with Crippen molar-refractivity contribution in [3.63, 3.8) is 0 Å². The molecule has 11 atom stereocenters. The largest absolute Gasteiger partial charge is 0.455 e. The van der Waals surface area contributed by atoms with Crippen LogP contribution in [0.25, 0.3) is 0 Å². The summed E-state index contributed by atoms with van der Waals surface area (Å²) in [5.41, 5.74) is -7.20. The van der Waals surface area contributed by atoms with Crippen LogP contribution in [0.5, 0.6) is 0 Å². The molecule has 2 unspecified atom stereocenters. The van der Waals surface area contributed by atoms with Gasteiger partial charge in [-0.3, -0.25) is 24.0 Å². The van der Waals surface area contributed by atoms with Gasteiger partial charge in [-0.15, -0.1) is 0 Å². The summed E-state index contributed by atoms with van der Waals surface area (Å²) in [5, 5.41) is 28.7. The molecule has 0 radical (unpaired) electrons. The molecule has 3 fully saturated rings. The molecule has 1 heterocycles. The van der Waals surface area contributed by atoms with E-state index in [-0.39, 0.29) is 35.3 Å². The second-order valence-electron chi connectivity index (χ2n) is 17.9. The number of fused-ring (bicyclic) bond motifs is 5. The van der Waals surface area contributed by atoms with Crippen molar-refractivity contribution in [2.75, 3.05) is 6.61 Å². The number of amides is 1. The Balaban J connectivity index is 1.42. The molecule has 0 aromatic heterocycles. The van der Waals surface area contributed by atoms with Crippen LogP contribution in [0.15, 0.2) is 102 Å². The molecule has 3 aromatic rings. The third kappa shape index (κ3) is 8.12. The van der Waals surface area contributed by atoms with Gasteiger partial charge in [-0.05, 0) is 54.8 Å². The molecule has 0 spiro atoms. The number of hydrogen-bond acceptors (Lipinski definition) is 15. The van der Waals surface area contributed by atoms with Gasteiger partial charge in [0.1, 0.15) is 30.0 Å². The van der Waals surface area contributed by atoms with Crippen molar-refractivity contribution in [2.45, 2.75) is 115 Å². The van der Waals surface area contributed by atoms with E-state index in [4.69, 9.17) is 28.4 Å². The van der Waals surface area contributed by atoms with E-state index in [1.165, 1.54) is 26.0 Å². The molecule has 7 rings (SSSR count). The molecule has 2 saturated carbocycles. The van der Waals surface area contributed by atoms with Gasteiger partial charge in [-0.2, -0.15) is 0 Å². The molecule has 344 valence electrons. The van der Waals surface area contributed by atoms with Crippen molar-refractivity contribution in [2.24, 2.45) is 16.7 Å². The number of esters is 5. The van der Waals surface area contributed by atoms with Crippen molar-refractivity contribution < 1.29 is 72.2 Å². The fourth-order valence-electron chi connectivity index (χ4n) is 10.5. The lowest BCUT2D eigenvalue weighted by atomic mass is 9.44. The zero-order chi connectivity index (χ0) is 47.2. The molecule has 1 amide bonds. The standard InChI is InChI=1S/C49H53NO15/c1-26-33(63-45(58)39(62-28(3)52)37(30-17-11-8-12-18-30)50-43(56)31-19-13-9-14-20-31)24-49(59)42(64-44(57)32-21-15-10-16-22-32)40-47(7,34(54)23-35-48(40,25-60-35)65-29(4)53)41(55)38(61-27(2)51)36(26)46(49,5)6/h8-22,33-35,37-40,42,54,59H,23-25H2,1-7H3,(H,50,56)/t33-,34-,35+,37-,38+,39+,40?,42?,47+,48-,49+/m0/s1. The average molecular weight is 896 g/mol. The first kappa shape index (κ1) is 46.8. The van der Waals surface area contributed by atoms with Crippen LogP contribution in [0.2, 0.25) is 0 Å². The Labute approximate surface area is 375 Å². The van der Waals surface area contributed by atoms with E-state index in [1.54, 1.807) is 92.7 Å². The zero-order valence-corrected chi connectivity index (χ0v) is 37.1. The summed E-state index contributed by atoms with van der Waals surface area (Å²) >= 11 is 0. The van der Waals surface area contributed by atoms with E-state index in [9.17, 15) is 39.0 Å². The van der Waals surface area contributed by atoms with Crippen LogP contribution in [0, 0.1) is 16.7 Å². The lowest BCUT2D eigenvalue weighted by Crippen LogP contribution is -2.82. The minimum absolute atomic E-state index is 0.0218. The van der Waals surface area contributed by atoms with Gasteiger partial charge in [0.05, 0.1) is 29.6 Å². The van der Waals surface area contributed by atoms with E-state index >= 15 is 4.79 Å². The monoisotopic (exact) mass is 895 g/mol. The van der Waals surface area contributed by atoms with Crippen LogP contribution < -0.4 is 5.32 Å². The van der Waals surface area contributed by atoms with Gasteiger partial charge in [0.15, 0.2) is 17.5 Å². The fourth-order valence-corrected chi connectivity index (χ4v) is 10.5. The van der Waals surface area contributed by atoms with Crippen molar-refractivity contribution in [1.29, 1.82) is 0 Å². The number of Topliss-reactive ketones (excluding diaryl/α,β-unsaturated/α-hetero) is 1. The summed E-state index contributed by atoms with van der Waals surface area (Å²) in [5.74, 6) is -7.79. The van der Waals surface area contributed by atoms with E-state index in [0.29, 0.717) is 5.56 Å². The molecule has 65 heavy (non-hydrogen) atoms. The lowest BCUT2D eigenvalue weighted by Gasteiger charge is -2.67. The van der Waals surface area contributed by atoms with Gasteiger partial charge >= 0.3 is 29.8 Å². The first-order chi connectivity index (χ1) is 30.7. The molecule has 3 N–H and O–H groups in total. The molecule has 1 aliphatic heterocycles. The van der Waals surface area contributed by atoms with Crippen LogP contribution in [0.3, 0.4) is 0 Å². The van der Waals surface area contributed by atoms with Gasteiger partial charge in [0.2, 0.25) is 6.10 Å². The number of rotatable bonds is 11. The molecule has 3 aromatic carbocycles. The molecule has 4 aliphatic rings. The van der Waals surface area contributed by atoms with Gasteiger partial charge < -0.3 is 44.0 Å². The molecular weight excluding hydrogens is 843 g/mol. The van der Waals surface area contributed by atoms with E-state index in [2.05, 4.69) is 5.32 Å².